The molecule has 2 rings (SSSR count). The average Bonchev–Trinajstić information content (AvgIpc) is 2.55. The minimum Gasteiger partial charge on any atom is -0.469 e. The van der Waals surface area contributed by atoms with Crippen molar-refractivity contribution in [3.05, 3.63) is 11.5 Å². The van der Waals surface area contributed by atoms with Crippen LogP contribution in [-0.2, 0) is 19.6 Å². The molecule has 0 radical (unpaired) electrons. The Labute approximate surface area is 105 Å². The molecule has 1 aliphatic heterocycles. The summed E-state index contributed by atoms with van der Waals surface area (Å²) >= 11 is 0. The van der Waals surface area contributed by atoms with Gasteiger partial charge in [-0.2, -0.15) is 4.31 Å². The van der Waals surface area contributed by atoms with Crippen molar-refractivity contribution >= 4 is 16.0 Å². The molecule has 0 N–H and O–H groups in total. The Bertz CT molecular complexity index is 552. The van der Waals surface area contributed by atoms with Gasteiger partial charge in [0.05, 0.1) is 13.0 Å². The summed E-state index contributed by atoms with van der Waals surface area (Å²) in [6.07, 6.45) is 0. The van der Waals surface area contributed by atoms with Gasteiger partial charge in [0.15, 0.2) is 5.76 Å². The van der Waals surface area contributed by atoms with Crippen molar-refractivity contribution in [2.24, 2.45) is 5.92 Å². The molecule has 1 saturated heterocycles. The second-order valence-corrected chi connectivity index (χ2v) is 6.07. The van der Waals surface area contributed by atoms with Crippen LogP contribution < -0.4 is 0 Å². The zero-order valence-corrected chi connectivity index (χ0v) is 11.2. The van der Waals surface area contributed by atoms with E-state index in [4.69, 9.17) is 4.52 Å². The lowest BCUT2D eigenvalue weighted by molar-refractivity contribution is -0.149. The molecule has 0 bridgehead atoms. The summed E-state index contributed by atoms with van der Waals surface area (Å²) in [5, 5.41) is 3.62. The average molecular weight is 274 g/mol. The van der Waals surface area contributed by atoms with Gasteiger partial charge in [-0.1, -0.05) is 5.16 Å². The molecule has 100 valence electrons. The fourth-order valence-electron chi connectivity index (χ4n) is 1.92. The van der Waals surface area contributed by atoms with E-state index in [1.54, 1.807) is 13.8 Å². The number of aromatic nitrogens is 1. The van der Waals surface area contributed by atoms with Gasteiger partial charge >= 0.3 is 5.97 Å². The summed E-state index contributed by atoms with van der Waals surface area (Å²) in [5.41, 5.74) is 0.328. The van der Waals surface area contributed by atoms with E-state index in [1.165, 1.54) is 11.4 Å². The topological polar surface area (TPSA) is 89.7 Å². The van der Waals surface area contributed by atoms with Crippen molar-refractivity contribution in [3.63, 3.8) is 0 Å². The molecule has 0 unspecified atom stereocenters. The number of sulfonamides is 1. The molecule has 8 heteroatoms. The molecule has 1 fully saturated rings. The molecule has 2 heterocycles. The summed E-state index contributed by atoms with van der Waals surface area (Å²) in [5.74, 6) is -0.514. The van der Waals surface area contributed by atoms with E-state index in [0.29, 0.717) is 5.69 Å². The maximum absolute atomic E-state index is 12.2. The first-order chi connectivity index (χ1) is 8.37. The third kappa shape index (κ3) is 1.91. The van der Waals surface area contributed by atoms with E-state index in [0.717, 1.165) is 0 Å². The number of carbonyl (C=O) groups is 1. The third-order valence-electron chi connectivity index (χ3n) is 2.95. The molecule has 7 nitrogen and oxygen atoms in total. The number of methoxy groups -OCH3 is 1. The molecule has 18 heavy (non-hydrogen) atoms. The fourth-order valence-corrected chi connectivity index (χ4v) is 3.74. The molecule has 1 aromatic heterocycles. The number of aryl methyl sites for hydroxylation is 2. The second kappa shape index (κ2) is 4.36. The van der Waals surface area contributed by atoms with Crippen molar-refractivity contribution in [2.75, 3.05) is 20.2 Å². The zero-order chi connectivity index (χ0) is 13.5. The van der Waals surface area contributed by atoms with Gasteiger partial charge in [-0.25, -0.2) is 8.42 Å². The smallest absolute Gasteiger partial charge is 0.311 e. The summed E-state index contributed by atoms with van der Waals surface area (Å²) in [6, 6.07) is 0. The van der Waals surface area contributed by atoms with E-state index in [9.17, 15) is 13.2 Å². The van der Waals surface area contributed by atoms with Crippen LogP contribution >= 0.6 is 0 Å². The minimum absolute atomic E-state index is 0.0887. The van der Waals surface area contributed by atoms with Crippen LogP contribution in [0.25, 0.3) is 0 Å². The molecule has 0 amide bonds. The Hall–Kier alpha value is -1.41. The monoisotopic (exact) mass is 274 g/mol. The van der Waals surface area contributed by atoms with Crippen LogP contribution in [0, 0.1) is 19.8 Å². The van der Waals surface area contributed by atoms with Crippen molar-refractivity contribution in [2.45, 2.75) is 18.7 Å². The molecule has 0 saturated carbocycles. The summed E-state index contributed by atoms with van der Waals surface area (Å²) < 4.78 is 35.1. The van der Waals surface area contributed by atoms with Gasteiger partial charge in [0.25, 0.3) is 0 Å². The lowest BCUT2D eigenvalue weighted by atomic mass is 10.0. The van der Waals surface area contributed by atoms with Crippen LogP contribution in [-0.4, -0.2) is 44.0 Å². The van der Waals surface area contributed by atoms with Gasteiger partial charge in [0.2, 0.25) is 10.0 Å². The van der Waals surface area contributed by atoms with E-state index >= 15 is 0 Å². The Morgan fingerprint density at radius 1 is 1.44 bits per heavy atom. The zero-order valence-electron chi connectivity index (χ0n) is 10.3. The van der Waals surface area contributed by atoms with E-state index in [1.807, 2.05) is 0 Å². The number of hydrogen-bond acceptors (Lipinski definition) is 6. The number of carbonyl (C=O) groups excluding carboxylic acids is 1. The molecule has 0 aliphatic carbocycles. The lowest BCUT2D eigenvalue weighted by Crippen LogP contribution is -2.53. The molecule has 0 aromatic carbocycles. The van der Waals surface area contributed by atoms with E-state index in [2.05, 4.69) is 9.89 Å². The predicted octanol–water partition coefficient (Wildman–Crippen LogP) is 0.0849. The summed E-state index contributed by atoms with van der Waals surface area (Å²) in [4.78, 5) is 11.3. The molecular formula is C10H14N2O5S. The normalized spacial score (nSPS) is 17.5. The molecular weight excluding hydrogens is 260 g/mol. The van der Waals surface area contributed by atoms with Crippen molar-refractivity contribution < 1.29 is 22.5 Å². The molecule has 0 spiro atoms. The van der Waals surface area contributed by atoms with Gasteiger partial charge in [-0.15, -0.1) is 0 Å². The highest BCUT2D eigenvalue weighted by atomic mass is 32.2. The van der Waals surface area contributed by atoms with Gasteiger partial charge in [-0.3, -0.25) is 4.79 Å². The number of hydrogen-bond donors (Lipinski definition) is 0. The van der Waals surface area contributed by atoms with Gasteiger partial charge in [0, 0.05) is 13.1 Å². The SMILES string of the molecule is COC(=O)C1CN(S(=O)(=O)c2c(C)noc2C)C1. The Morgan fingerprint density at radius 3 is 2.50 bits per heavy atom. The van der Waals surface area contributed by atoms with Gasteiger partial charge in [0.1, 0.15) is 10.6 Å². The quantitative estimate of drug-likeness (QED) is 0.725. The van der Waals surface area contributed by atoms with Crippen LogP contribution in [0.15, 0.2) is 9.42 Å². The second-order valence-electron chi connectivity index (χ2n) is 4.20. The van der Waals surface area contributed by atoms with Crippen LogP contribution in [0.4, 0.5) is 0 Å². The number of nitrogens with zero attached hydrogens (tertiary/aromatic N) is 2. The Morgan fingerprint density at radius 2 is 2.06 bits per heavy atom. The summed E-state index contributed by atoms with van der Waals surface area (Å²) in [7, 11) is -2.34. The van der Waals surface area contributed by atoms with Gasteiger partial charge < -0.3 is 9.26 Å². The number of ether oxygens (including phenoxy) is 1. The maximum Gasteiger partial charge on any atom is 0.311 e. The van der Waals surface area contributed by atoms with Crippen molar-refractivity contribution in [3.8, 4) is 0 Å². The predicted molar refractivity (Wildman–Crippen MR) is 60.2 cm³/mol. The summed E-state index contributed by atoms with van der Waals surface area (Å²) in [6.45, 7) is 3.39. The van der Waals surface area contributed by atoms with Crippen LogP contribution in [0.3, 0.4) is 0 Å². The Balaban J connectivity index is 2.19. The number of rotatable bonds is 3. The standard InChI is InChI=1S/C10H14N2O5S/c1-6-9(7(2)17-11-6)18(14,15)12-4-8(5-12)10(13)16-3/h8H,4-5H2,1-3H3. The lowest BCUT2D eigenvalue weighted by Gasteiger charge is -2.35. The van der Waals surface area contributed by atoms with E-state index < -0.39 is 10.0 Å². The Kier molecular flexibility index (Phi) is 3.16. The van der Waals surface area contributed by atoms with Crippen molar-refractivity contribution in [1.29, 1.82) is 0 Å². The first kappa shape index (κ1) is 13.0. The minimum atomic E-state index is -3.63. The number of esters is 1. The highest BCUT2D eigenvalue weighted by molar-refractivity contribution is 7.89. The molecule has 1 aliphatic rings. The molecule has 0 atom stereocenters. The first-order valence-electron chi connectivity index (χ1n) is 5.38. The first-order valence-corrected chi connectivity index (χ1v) is 6.82. The van der Waals surface area contributed by atoms with E-state index in [-0.39, 0.29) is 35.6 Å². The fraction of sp³-hybridized carbons (Fsp3) is 0.600. The van der Waals surface area contributed by atoms with Crippen LogP contribution in [0.1, 0.15) is 11.5 Å². The van der Waals surface area contributed by atoms with Crippen molar-refractivity contribution in [1.82, 2.24) is 9.46 Å². The largest absolute Gasteiger partial charge is 0.469 e. The van der Waals surface area contributed by atoms with Crippen LogP contribution in [0.5, 0.6) is 0 Å². The van der Waals surface area contributed by atoms with Gasteiger partial charge in [-0.05, 0) is 13.8 Å². The maximum atomic E-state index is 12.2. The highest BCUT2D eigenvalue weighted by Crippen LogP contribution is 2.29. The highest BCUT2D eigenvalue weighted by Gasteiger charge is 2.43. The molecule has 1 aromatic rings. The third-order valence-corrected chi connectivity index (χ3v) is 5.03. The van der Waals surface area contributed by atoms with Crippen LogP contribution in [0.2, 0.25) is 0 Å².